The van der Waals surface area contributed by atoms with Gasteiger partial charge >= 0.3 is 0 Å². The molecule has 3 aliphatic rings. The van der Waals surface area contributed by atoms with Crippen molar-refractivity contribution in [2.45, 2.75) is 19.3 Å². The molecule has 0 spiro atoms. The molecule has 3 unspecified atom stereocenters. The van der Waals surface area contributed by atoms with E-state index in [0.29, 0.717) is 11.8 Å². The number of fused-ring (bicyclic) bond motifs is 2. The lowest BCUT2D eigenvalue weighted by atomic mass is 9.68. The Balaban J connectivity index is 2.11. The van der Waals surface area contributed by atoms with Crippen molar-refractivity contribution in [2.75, 3.05) is 6.61 Å². The summed E-state index contributed by atoms with van der Waals surface area (Å²) in [4.78, 5) is 11.3. The highest BCUT2D eigenvalue weighted by atomic mass is 16.3. The van der Waals surface area contributed by atoms with E-state index < -0.39 is 0 Å². The first-order valence-corrected chi connectivity index (χ1v) is 4.63. The number of ketones is 1. The zero-order valence-corrected chi connectivity index (χ0v) is 7.07. The second-order valence-corrected chi connectivity index (χ2v) is 3.85. The van der Waals surface area contributed by atoms with Gasteiger partial charge < -0.3 is 5.11 Å². The van der Waals surface area contributed by atoms with Crippen molar-refractivity contribution in [3.8, 4) is 0 Å². The number of Topliss-reactive ketones (excluding diaryl/α,β-unsaturated/α-hetero) is 1. The molecule has 0 aliphatic heterocycles. The fourth-order valence-electron chi connectivity index (χ4n) is 2.42. The Morgan fingerprint density at radius 3 is 2.67 bits per heavy atom. The van der Waals surface area contributed by atoms with Crippen LogP contribution in [0.4, 0.5) is 0 Å². The van der Waals surface area contributed by atoms with E-state index >= 15 is 0 Å². The van der Waals surface area contributed by atoms with Crippen molar-refractivity contribution in [3.63, 3.8) is 0 Å². The third-order valence-corrected chi connectivity index (χ3v) is 3.14. The monoisotopic (exact) mass is 166 g/mol. The van der Waals surface area contributed by atoms with Crippen LogP contribution in [0.25, 0.3) is 0 Å². The Morgan fingerprint density at radius 2 is 2.25 bits per heavy atom. The van der Waals surface area contributed by atoms with Crippen LogP contribution in [0.3, 0.4) is 0 Å². The van der Waals surface area contributed by atoms with E-state index in [1.165, 1.54) is 6.42 Å². The molecule has 0 heterocycles. The van der Waals surface area contributed by atoms with Crippen LogP contribution in [0.5, 0.6) is 0 Å². The highest BCUT2D eigenvalue weighted by Crippen LogP contribution is 2.40. The average Bonchev–Trinajstić information content (AvgIpc) is 2.18. The summed E-state index contributed by atoms with van der Waals surface area (Å²) in [7, 11) is 0. The Morgan fingerprint density at radius 1 is 1.42 bits per heavy atom. The maximum Gasteiger partial charge on any atom is 0.161 e. The number of aliphatic hydroxyl groups is 1. The Labute approximate surface area is 72.3 Å². The van der Waals surface area contributed by atoms with E-state index in [9.17, 15) is 4.79 Å². The minimum atomic E-state index is -0.276. The maximum absolute atomic E-state index is 11.3. The highest BCUT2D eigenvalue weighted by molar-refractivity contribution is 5.82. The van der Waals surface area contributed by atoms with Gasteiger partial charge in [0.2, 0.25) is 0 Å². The summed E-state index contributed by atoms with van der Waals surface area (Å²) >= 11 is 0. The van der Waals surface area contributed by atoms with Crippen LogP contribution >= 0.6 is 0 Å². The minimum Gasteiger partial charge on any atom is -0.389 e. The highest BCUT2D eigenvalue weighted by Gasteiger charge is 2.35. The second-order valence-electron chi connectivity index (χ2n) is 3.85. The van der Waals surface area contributed by atoms with Gasteiger partial charge in [-0.2, -0.15) is 0 Å². The molecular formula is C10H14O2. The van der Waals surface area contributed by atoms with Crippen LogP contribution in [0.2, 0.25) is 0 Å². The largest absolute Gasteiger partial charge is 0.389 e. The molecular weight excluding hydrogens is 152 g/mol. The maximum atomic E-state index is 11.3. The first kappa shape index (κ1) is 7.99. The number of carbonyl (C=O) groups is 1. The van der Waals surface area contributed by atoms with Crippen molar-refractivity contribution >= 4 is 5.78 Å². The van der Waals surface area contributed by atoms with Gasteiger partial charge in [-0.3, -0.25) is 4.79 Å². The molecule has 3 aliphatic carbocycles. The van der Waals surface area contributed by atoms with Gasteiger partial charge in [0, 0.05) is 5.92 Å². The average molecular weight is 166 g/mol. The van der Waals surface area contributed by atoms with Crippen molar-refractivity contribution in [3.05, 3.63) is 12.2 Å². The number of hydrogen-bond acceptors (Lipinski definition) is 2. The van der Waals surface area contributed by atoms with Crippen molar-refractivity contribution in [1.82, 2.24) is 0 Å². The van der Waals surface area contributed by atoms with E-state index in [1.807, 2.05) is 0 Å². The molecule has 0 radical (unpaired) electrons. The topological polar surface area (TPSA) is 37.3 Å². The normalized spacial score (nSPS) is 38.6. The summed E-state index contributed by atoms with van der Waals surface area (Å²) in [5.74, 6) is 1.19. The predicted molar refractivity (Wildman–Crippen MR) is 45.6 cm³/mol. The lowest BCUT2D eigenvalue weighted by Gasteiger charge is -2.36. The molecule has 3 rings (SSSR count). The summed E-state index contributed by atoms with van der Waals surface area (Å²) in [6.07, 6.45) is 7.74. The van der Waals surface area contributed by atoms with Crippen molar-refractivity contribution in [2.24, 2.45) is 17.8 Å². The van der Waals surface area contributed by atoms with Crippen molar-refractivity contribution in [1.29, 1.82) is 0 Å². The van der Waals surface area contributed by atoms with E-state index in [1.54, 1.807) is 0 Å². The molecule has 0 saturated heterocycles. The van der Waals surface area contributed by atoms with E-state index in [0.717, 1.165) is 12.8 Å². The van der Waals surface area contributed by atoms with Gasteiger partial charge in [-0.1, -0.05) is 12.2 Å². The molecule has 2 heteroatoms. The van der Waals surface area contributed by atoms with Crippen molar-refractivity contribution < 1.29 is 9.90 Å². The predicted octanol–water partition coefficient (Wildman–Crippen LogP) is 1.15. The number of carbonyl (C=O) groups excluding carboxylic acids is 1. The lowest BCUT2D eigenvalue weighted by Crippen LogP contribution is -2.34. The number of rotatable bonds is 2. The molecule has 1 N–H and O–H groups in total. The third-order valence-electron chi connectivity index (χ3n) is 3.14. The van der Waals surface area contributed by atoms with E-state index in [-0.39, 0.29) is 18.3 Å². The molecule has 1 saturated carbocycles. The molecule has 2 nitrogen and oxygen atoms in total. The summed E-state index contributed by atoms with van der Waals surface area (Å²) in [5.41, 5.74) is 0. The molecule has 1 fully saturated rings. The molecule has 0 amide bonds. The van der Waals surface area contributed by atoms with Crippen LogP contribution in [0, 0.1) is 17.8 Å². The van der Waals surface area contributed by atoms with Crippen LogP contribution < -0.4 is 0 Å². The fourth-order valence-corrected chi connectivity index (χ4v) is 2.42. The van der Waals surface area contributed by atoms with Crippen LogP contribution in [0.15, 0.2) is 12.2 Å². The van der Waals surface area contributed by atoms with E-state index in [4.69, 9.17) is 5.11 Å². The van der Waals surface area contributed by atoms with Gasteiger partial charge in [0.1, 0.15) is 6.61 Å². The van der Waals surface area contributed by atoms with Gasteiger partial charge in [-0.05, 0) is 31.1 Å². The number of aliphatic hydroxyl groups excluding tert-OH is 1. The minimum absolute atomic E-state index is 0.0362. The summed E-state index contributed by atoms with van der Waals surface area (Å²) in [6, 6.07) is 0. The fraction of sp³-hybridized carbons (Fsp3) is 0.700. The van der Waals surface area contributed by atoms with Crippen LogP contribution in [-0.4, -0.2) is 17.5 Å². The lowest BCUT2D eigenvalue weighted by molar-refractivity contribution is -0.128. The molecule has 0 aromatic rings. The summed E-state index contributed by atoms with van der Waals surface area (Å²) in [6.45, 7) is -0.276. The third kappa shape index (κ3) is 1.20. The first-order chi connectivity index (χ1) is 5.81. The Bertz CT molecular complexity index is 220. The molecule has 12 heavy (non-hydrogen) atoms. The van der Waals surface area contributed by atoms with Gasteiger partial charge in [0.05, 0.1) is 0 Å². The Hall–Kier alpha value is -0.630. The van der Waals surface area contributed by atoms with Gasteiger partial charge in [0.25, 0.3) is 0 Å². The molecule has 66 valence electrons. The SMILES string of the molecule is O=C(CO)C1CC2C=CC1CC2. The van der Waals surface area contributed by atoms with Gasteiger partial charge in [0.15, 0.2) is 5.78 Å². The zero-order chi connectivity index (χ0) is 8.55. The molecule has 2 bridgehead atoms. The van der Waals surface area contributed by atoms with E-state index in [2.05, 4.69) is 12.2 Å². The zero-order valence-electron chi connectivity index (χ0n) is 7.07. The summed E-state index contributed by atoms with van der Waals surface area (Å²) < 4.78 is 0. The molecule has 3 atom stereocenters. The van der Waals surface area contributed by atoms with Gasteiger partial charge in [-0.25, -0.2) is 0 Å². The molecule has 0 aromatic heterocycles. The second kappa shape index (κ2) is 3.02. The van der Waals surface area contributed by atoms with Gasteiger partial charge in [-0.15, -0.1) is 0 Å². The Kier molecular flexibility index (Phi) is 2.01. The first-order valence-electron chi connectivity index (χ1n) is 4.63. The number of hydrogen-bond donors (Lipinski definition) is 1. The van der Waals surface area contributed by atoms with Crippen LogP contribution in [-0.2, 0) is 4.79 Å². The standard InChI is InChI=1S/C10H14O2/c11-6-10(12)9-5-7-1-3-8(9)4-2-7/h1,3,7-9,11H,2,4-6H2. The molecule has 0 aromatic carbocycles. The summed E-state index contributed by atoms with van der Waals surface area (Å²) in [5, 5.41) is 8.74. The van der Waals surface area contributed by atoms with Crippen LogP contribution in [0.1, 0.15) is 19.3 Å². The quantitative estimate of drug-likeness (QED) is 0.625. The smallest absolute Gasteiger partial charge is 0.161 e. The number of allylic oxidation sites excluding steroid dienone is 2.